The van der Waals surface area contributed by atoms with Crippen molar-refractivity contribution in [3.63, 3.8) is 0 Å². The predicted octanol–water partition coefficient (Wildman–Crippen LogP) is 5.32. The van der Waals surface area contributed by atoms with Gasteiger partial charge in [0.2, 0.25) is 0 Å². The van der Waals surface area contributed by atoms with Crippen LogP contribution in [-0.4, -0.2) is 10.3 Å². The highest BCUT2D eigenvalue weighted by atomic mass is 79.9. The van der Waals surface area contributed by atoms with Crippen LogP contribution in [0.2, 0.25) is 0 Å². The molecule has 1 heterocycles. The van der Waals surface area contributed by atoms with Crippen LogP contribution < -0.4 is 0 Å². The normalized spacial score (nSPS) is 12.6. The third-order valence-electron chi connectivity index (χ3n) is 3.17. The van der Waals surface area contributed by atoms with E-state index in [2.05, 4.69) is 75.0 Å². The quantitative estimate of drug-likeness (QED) is 0.616. The first-order chi connectivity index (χ1) is 9.08. The second-order valence-electron chi connectivity index (χ2n) is 4.81. The largest absolute Gasteiger partial charge is 0.246 e. The third kappa shape index (κ3) is 4.40. The first kappa shape index (κ1) is 15.2. The molecule has 0 N–H and O–H groups in total. The van der Waals surface area contributed by atoms with Gasteiger partial charge in [-0.3, -0.25) is 0 Å². The second kappa shape index (κ2) is 7.00. The topological polar surface area (TPSA) is 12.9 Å². The predicted molar refractivity (Wildman–Crippen MR) is 90.4 cm³/mol. The Labute approximate surface area is 135 Å². The number of nitrogens with zero attached hydrogens (tertiary/aromatic N) is 1. The number of aryl methyl sites for hydroxylation is 2. The van der Waals surface area contributed by atoms with Gasteiger partial charge in [-0.1, -0.05) is 44.0 Å². The van der Waals surface area contributed by atoms with Gasteiger partial charge in [-0.15, -0.1) is 11.3 Å². The molecular weight excluding hydrogens is 386 g/mol. The Morgan fingerprint density at radius 3 is 2.63 bits per heavy atom. The molecule has 1 aromatic heterocycles. The lowest BCUT2D eigenvalue weighted by atomic mass is 9.98. The van der Waals surface area contributed by atoms with Crippen LogP contribution in [0.25, 0.3) is 0 Å². The first-order valence-corrected chi connectivity index (χ1v) is 9.05. The minimum absolute atomic E-state index is 0.597. The van der Waals surface area contributed by atoms with E-state index >= 15 is 0 Å². The fraction of sp³-hybridized carbons (Fsp3) is 0.400. The van der Waals surface area contributed by atoms with Crippen molar-refractivity contribution in [1.29, 1.82) is 0 Å². The van der Waals surface area contributed by atoms with Gasteiger partial charge in [0, 0.05) is 21.1 Å². The van der Waals surface area contributed by atoms with Crippen LogP contribution in [0.5, 0.6) is 0 Å². The molecule has 2 rings (SSSR count). The summed E-state index contributed by atoms with van der Waals surface area (Å²) < 4.78 is 1.15. The molecule has 0 saturated carbocycles. The lowest BCUT2D eigenvalue weighted by Crippen LogP contribution is -2.09. The van der Waals surface area contributed by atoms with Gasteiger partial charge in [0.15, 0.2) is 0 Å². The van der Waals surface area contributed by atoms with Crippen LogP contribution in [0.1, 0.15) is 21.1 Å². The van der Waals surface area contributed by atoms with Crippen molar-refractivity contribution < 1.29 is 0 Å². The second-order valence-corrected chi connectivity index (χ2v) is 7.66. The minimum atomic E-state index is 0.597. The van der Waals surface area contributed by atoms with Crippen molar-refractivity contribution in [2.45, 2.75) is 26.7 Å². The highest BCUT2D eigenvalue weighted by molar-refractivity contribution is 9.10. The number of rotatable bonds is 5. The van der Waals surface area contributed by atoms with Gasteiger partial charge >= 0.3 is 0 Å². The van der Waals surface area contributed by atoms with Crippen LogP contribution in [0.15, 0.2) is 28.7 Å². The molecule has 0 aliphatic rings. The molecule has 1 nitrogen and oxygen atoms in total. The molecule has 102 valence electrons. The Hall–Kier alpha value is -0.190. The van der Waals surface area contributed by atoms with E-state index in [1.165, 1.54) is 21.1 Å². The standard InChI is InChI=1S/C15H17Br2NS/c1-10-11(2)19-15(18-10)8-13(9-16)6-12-4-3-5-14(17)7-12/h3-5,7,13H,6,8-9H2,1-2H3. The summed E-state index contributed by atoms with van der Waals surface area (Å²) in [7, 11) is 0. The number of halogens is 2. The molecule has 0 aliphatic carbocycles. The molecule has 19 heavy (non-hydrogen) atoms. The van der Waals surface area contributed by atoms with E-state index in [9.17, 15) is 0 Å². The molecule has 0 saturated heterocycles. The van der Waals surface area contributed by atoms with Gasteiger partial charge in [-0.05, 0) is 43.9 Å². The summed E-state index contributed by atoms with van der Waals surface area (Å²) in [6.45, 7) is 4.24. The molecule has 0 aliphatic heterocycles. The Balaban J connectivity index is 2.04. The summed E-state index contributed by atoms with van der Waals surface area (Å²) in [6.07, 6.45) is 2.14. The van der Waals surface area contributed by atoms with Gasteiger partial charge in [0.1, 0.15) is 0 Å². The van der Waals surface area contributed by atoms with Crippen LogP contribution in [0, 0.1) is 19.8 Å². The summed E-state index contributed by atoms with van der Waals surface area (Å²) in [5, 5.41) is 2.27. The van der Waals surface area contributed by atoms with Crippen LogP contribution in [0.4, 0.5) is 0 Å². The van der Waals surface area contributed by atoms with E-state index in [0.717, 1.165) is 22.6 Å². The average molecular weight is 403 g/mol. The number of alkyl halides is 1. The van der Waals surface area contributed by atoms with E-state index in [-0.39, 0.29) is 0 Å². The van der Waals surface area contributed by atoms with E-state index < -0.39 is 0 Å². The molecular formula is C15H17Br2NS. The fourth-order valence-corrected chi connectivity index (χ4v) is 4.00. The zero-order chi connectivity index (χ0) is 13.8. The molecule has 1 aromatic carbocycles. The van der Waals surface area contributed by atoms with Crippen molar-refractivity contribution in [3.8, 4) is 0 Å². The Morgan fingerprint density at radius 2 is 2.05 bits per heavy atom. The number of benzene rings is 1. The highest BCUT2D eigenvalue weighted by Crippen LogP contribution is 2.23. The Bertz CT molecular complexity index is 531. The van der Waals surface area contributed by atoms with Crippen LogP contribution in [-0.2, 0) is 12.8 Å². The zero-order valence-electron chi connectivity index (χ0n) is 11.1. The smallest absolute Gasteiger partial charge is 0.0934 e. The van der Waals surface area contributed by atoms with Gasteiger partial charge in [-0.2, -0.15) is 0 Å². The van der Waals surface area contributed by atoms with Crippen molar-refractivity contribution in [2.75, 3.05) is 5.33 Å². The van der Waals surface area contributed by atoms with Crippen LogP contribution in [0.3, 0.4) is 0 Å². The lowest BCUT2D eigenvalue weighted by Gasteiger charge is -2.12. The molecule has 1 atom stereocenters. The first-order valence-electron chi connectivity index (χ1n) is 6.31. The lowest BCUT2D eigenvalue weighted by molar-refractivity contribution is 0.588. The summed E-state index contributed by atoms with van der Waals surface area (Å²) in [5.74, 6) is 0.597. The van der Waals surface area contributed by atoms with Gasteiger partial charge in [0.05, 0.1) is 10.7 Å². The molecule has 2 aromatic rings. The molecule has 4 heteroatoms. The SMILES string of the molecule is Cc1nc(CC(CBr)Cc2cccc(Br)c2)sc1C. The number of hydrogen-bond acceptors (Lipinski definition) is 2. The molecule has 0 bridgehead atoms. The van der Waals surface area contributed by atoms with Crippen LogP contribution >= 0.6 is 43.2 Å². The maximum Gasteiger partial charge on any atom is 0.0934 e. The average Bonchev–Trinajstić information content (AvgIpc) is 2.67. The van der Waals surface area contributed by atoms with Crippen molar-refractivity contribution in [3.05, 3.63) is 49.9 Å². The fourth-order valence-electron chi connectivity index (χ4n) is 2.05. The summed E-state index contributed by atoms with van der Waals surface area (Å²) in [4.78, 5) is 5.98. The highest BCUT2D eigenvalue weighted by Gasteiger charge is 2.13. The Kier molecular flexibility index (Phi) is 5.60. The molecule has 1 unspecified atom stereocenters. The van der Waals surface area contributed by atoms with Crippen molar-refractivity contribution in [1.82, 2.24) is 4.98 Å². The summed E-state index contributed by atoms with van der Waals surface area (Å²) in [5.41, 5.74) is 2.56. The number of thiazole rings is 1. The number of aromatic nitrogens is 1. The third-order valence-corrected chi connectivity index (χ3v) is 5.67. The van der Waals surface area contributed by atoms with Crippen molar-refractivity contribution >= 4 is 43.2 Å². The van der Waals surface area contributed by atoms with Gasteiger partial charge in [-0.25, -0.2) is 4.98 Å². The minimum Gasteiger partial charge on any atom is -0.246 e. The van der Waals surface area contributed by atoms with E-state index in [0.29, 0.717) is 5.92 Å². The van der Waals surface area contributed by atoms with E-state index in [1.807, 2.05) is 11.3 Å². The molecule has 0 fully saturated rings. The Morgan fingerprint density at radius 1 is 1.26 bits per heavy atom. The molecule has 0 amide bonds. The summed E-state index contributed by atoms with van der Waals surface area (Å²) in [6, 6.07) is 8.56. The summed E-state index contributed by atoms with van der Waals surface area (Å²) >= 11 is 9.00. The maximum absolute atomic E-state index is 4.65. The number of hydrogen-bond donors (Lipinski definition) is 0. The van der Waals surface area contributed by atoms with E-state index in [4.69, 9.17) is 0 Å². The molecule has 0 radical (unpaired) electrons. The van der Waals surface area contributed by atoms with Gasteiger partial charge in [0.25, 0.3) is 0 Å². The van der Waals surface area contributed by atoms with E-state index in [1.54, 1.807) is 0 Å². The monoisotopic (exact) mass is 401 g/mol. The zero-order valence-corrected chi connectivity index (χ0v) is 15.1. The van der Waals surface area contributed by atoms with Crippen molar-refractivity contribution in [2.24, 2.45) is 5.92 Å². The van der Waals surface area contributed by atoms with Gasteiger partial charge < -0.3 is 0 Å². The maximum atomic E-state index is 4.65. The molecule has 0 spiro atoms.